The molecule has 1 aliphatic heterocycles. The van der Waals surface area contributed by atoms with Crippen LogP contribution < -0.4 is 10.6 Å². The molecule has 2 fully saturated rings. The second-order valence-corrected chi connectivity index (χ2v) is 5.89. The van der Waals surface area contributed by atoms with Gasteiger partial charge in [-0.25, -0.2) is 0 Å². The molecule has 1 amide bonds. The van der Waals surface area contributed by atoms with Crippen molar-refractivity contribution < 1.29 is 4.79 Å². The van der Waals surface area contributed by atoms with Gasteiger partial charge in [0.2, 0.25) is 5.91 Å². The van der Waals surface area contributed by atoms with Crippen LogP contribution >= 0.6 is 0 Å². The SMILES string of the molecule is CC1CCNC1C(=O)NCC1(N(C)C)CCC1. The molecule has 1 aliphatic carbocycles. The van der Waals surface area contributed by atoms with Crippen molar-refractivity contribution >= 4 is 5.91 Å². The van der Waals surface area contributed by atoms with Crippen LogP contribution in [0.4, 0.5) is 0 Å². The highest BCUT2D eigenvalue weighted by Gasteiger charge is 2.40. The average Bonchev–Trinajstić information content (AvgIpc) is 2.62. The Morgan fingerprint density at radius 2 is 2.18 bits per heavy atom. The summed E-state index contributed by atoms with van der Waals surface area (Å²) in [5.41, 5.74) is 0.220. The van der Waals surface area contributed by atoms with Crippen molar-refractivity contribution in [3.05, 3.63) is 0 Å². The van der Waals surface area contributed by atoms with E-state index in [4.69, 9.17) is 0 Å². The molecule has 98 valence electrons. The second kappa shape index (κ2) is 4.94. The zero-order chi connectivity index (χ0) is 12.5. The molecular formula is C13H25N3O. The smallest absolute Gasteiger partial charge is 0.237 e. The molecule has 0 spiro atoms. The van der Waals surface area contributed by atoms with Gasteiger partial charge in [-0.15, -0.1) is 0 Å². The molecule has 0 bridgehead atoms. The zero-order valence-corrected chi connectivity index (χ0v) is 11.3. The van der Waals surface area contributed by atoms with Crippen LogP contribution in [0.15, 0.2) is 0 Å². The van der Waals surface area contributed by atoms with Gasteiger partial charge in [0.05, 0.1) is 6.04 Å². The fourth-order valence-corrected chi connectivity index (χ4v) is 2.91. The van der Waals surface area contributed by atoms with Crippen LogP contribution in [-0.4, -0.2) is 49.6 Å². The summed E-state index contributed by atoms with van der Waals surface area (Å²) in [5.74, 6) is 0.648. The van der Waals surface area contributed by atoms with E-state index >= 15 is 0 Å². The normalized spacial score (nSPS) is 31.3. The number of amides is 1. The molecule has 17 heavy (non-hydrogen) atoms. The lowest BCUT2D eigenvalue weighted by molar-refractivity contribution is -0.124. The third kappa shape index (κ3) is 2.47. The predicted octanol–water partition coefficient (Wildman–Crippen LogP) is 0.585. The van der Waals surface area contributed by atoms with E-state index < -0.39 is 0 Å². The highest BCUT2D eigenvalue weighted by molar-refractivity contribution is 5.82. The van der Waals surface area contributed by atoms with E-state index in [9.17, 15) is 4.79 Å². The molecule has 2 N–H and O–H groups in total. The summed E-state index contributed by atoms with van der Waals surface area (Å²) in [6, 6.07) is 0.0225. The van der Waals surface area contributed by atoms with Crippen LogP contribution in [-0.2, 0) is 4.79 Å². The molecule has 0 radical (unpaired) electrons. The van der Waals surface area contributed by atoms with E-state index in [1.165, 1.54) is 19.3 Å². The van der Waals surface area contributed by atoms with Gasteiger partial charge in [0.15, 0.2) is 0 Å². The number of carbonyl (C=O) groups excluding carboxylic acids is 1. The van der Waals surface area contributed by atoms with Crippen molar-refractivity contribution in [1.29, 1.82) is 0 Å². The number of carbonyl (C=O) groups is 1. The summed E-state index contributed by atoms with van der Waals surface area (Å²) in [4.78, 5) is 14.3. The van der Waals surface area contributed by atoms with Crippen molar-refractivity contribution in [1.82, 2.24) is 15.5 Å². The number of nitrogens with one attached hydrogen (secondary N) is 2. The van der Waals surface area contributed by atoms with E-state index in [1.54, 1.807) is 0 Å². The van der Waals surface area contributed by atoms with E-state index in [0.29, 0.717) is 5.92 Å². The van der Waals surface area contributed by atoms with Gasteiger partial charge < -0.3 is 15.5 Å². The van der Waals surface area contributed by atoms with Crippen LogP contribution in [0, 0.1) is 5.92 Å². The lowest BCUT2D eigenvalue weighted by atomic mass is 9.75. The molecule has 0 aromatic carbocycles. The Kier molecular flexibility index (Phi) is 3.73. The quantitative estimate of drug-likeness (QED) is 0.754. The fraction of sp³-hybridized carbons (Fsp3) is 0.923. The topological polar surface area (TPSA) is 44.4 Å². The lowest BCUT2D eigenvalue weighted by Crippen LogP contribution is -2.58. The summed E-state index contributed by atoms with van der Waals surface area (Å²) in [6.07, 6.45) is 4.80. The Hall–Kier alpha value is -0.610. The van der Waals surface area contributed by atoms with Gasteiger partial charge in [-0.05, 0) is 52.2 Å². The third-order valence-corrected chi connectivity index (χ3v) is 4.64. The molecular weight excluding hydrogens is 214 g/mol. The van der Waals surface area contributed by atoms with Crippen molar-refractivity contribution in [2.45, 2.75) is 44.2 Å². The van der Waals surface area contributed by atoms with Crippen molar-refractivity contribution in [3.63, 3.8) is 0 Å². The summed E-state index contributed by atoms with van der Waals surface area (Å²) >= 11 is 0. The Morgan fingerprint density at radius 1 is 1.47 bits per heavy atom. The molecule has 0 aromatic rings. The van der Waals surface area contributed by atoms with Gasteiger partial charge in [0.25, 0.3) is 0 Å². The minimum absolute atomic E-state index is 0.0225. The highest BCUT2D eigenvalue weighted by atomic mass is 16.2. The maximum absolute atomic E-state index is 12.1. The lowest BCUT2D eigenvalue weighted by Gasteiger charge is -2.47. The summed E-state index contributed by atoms with van der Waals surface area (Å²) < 4.78 is 0. The highest BCUT2D eigenvalue weighted by Crippen LogP contribution is 2.35. The summed E-state index contributed by atoms with van der Waals surface area (Å²) in [5, 5.41) is 6.42. The summed E-state index contributed by atoms with van der Waals surface area (Å²) in [6.45, 7) is 3.91. The molecule has 2 atom stereocenters. The van der Waals surface area contributed by atoms with Crippen LogP contribution in [0.1, 0.15) is 32.6 Å². The first kappa shape index (κ1) is 12.8. The summed E-state index contributed by atoms with van der Waals surface area (Å²) in [7, 11) is 4.23. The fourth-order valence-electron chi connectivity index (χ4n) is 2.91. The van der Waals surface area contributed by atoms with Crippen LogP contribution in [0.3, 0.4) is 0 Å². The maximum Gasteiger partial charge on any atom is 0.237 e. The first-order chi connectivity index (χ1) is 8.05. The minimum atomic E-state index is 0.0225. The van der Waals surface area contributed by atoms with Crippen molar-refractivity contribution in [2.75, 3.05) is 27.2 Å². The van der Waals surface area contributed by atoms with E-state index in [0.717, 1.165) is 19.5 Å². The maximum atomic E-state index is 12.1. The molecule has 4 heteroatoms. The molecule has 4 nitrogen and oxygen atoms in total. The number of nitrogens with zero attached hydrogens (tertiary/aromatic N) is 1. The number of hydrogen-bond acceptors (Lipinski definition) is 3. The molecule has 2 rings (SSSR count). The first-order valence-corrected chi connectivity index (χ1v) is 6.74. The van der Waals surface area contributed by atoms with Crippen LogP contribution in [0.25, 0.3) is 0 Å². The van der Waals surface area contributed by atoms with Crippen molar-refractivity contribution in [2.24, 2.45) is 5.92 Å². The predicted molar refractivity (Wildman–Crippen MR) is 68.9 cm³/mol. The van der Waals surface area contributed by atoms with Gasteiger partial charge in [-0.3, -0.25) is 4.79 Å². The Balaban J connectivity index is 1.83. The molecule has 1 heterocycles. The van der Waals surface area contributed by atoms with Gasteiger partial charge in [0.1, 0.15) is 0 Å². The Morgan fingerprint density at radius 3 is 2.59 bits per heavy atom. The van der Waals surface area contributed by atoms with E-state index in [-0.39, 0.29) is 17.5 Å². The average molecular weight is 239 g/mol. The van der Waals surface area contributed by atoms with E-state index in [2.05, 4.69) is 36.6 Å². The van der Waals surface area contributed by atoms with Gasteiger partial charge in [0, 0.05) is 12.1 Å². The van der Waals surface area contributed by atoms with Gasteiger partial charge in [-0.2, -0.15) is 0 Å². The molecule has 0 aromatic heterocycles. The Labute approximate surface area is 104 Å². The van der Waals surface area contributed by atoms with Gasteiger partial charge in [-0.1, -0.05) is 6.92 Å². The standard InChI is InChI=1S/C13H25N3O/c1-10-5-8-14-11(10)12(17)15-9-13(16(2)3)6-4-7-13/h10-11,14H,4-9H2,1-3H3,(H,15,17). The Bertz CT molecular complexity index is 286. The van der Waals surface area contributed by atoms with Crippen molar-refractivity contribution in [3.8, 4) is 0 Å². The molecule has 1 saturated carbocycles. The number of hydrogen-bond donors (Lipinski definition) is 2. The number of likely N-dealkylation sites (N-methyl/N-ethyl adjacent to an activating group) is 1. The number of rotatable bonds is 4. The van der Waals surface area contributed by atoms with E-state index in [1.807, 2.05) is 0 Å². The largest absolute Gasteiger partial charge is 0.353 e. The molecule has 2 unspecified atom stereocenters. The van der Waals surface area contributed by atoms with Crippen LogP contribution in [0.5, 0.6) is 0 Å². The second-order valence-electron chi connectivity index (χ2n) is 5.89. The first-order valence-electron chi connectivity index (χ1n) is 6.74. The molecule has 2 aliphatic rings. The zero-order valence-electron chi connectivity index (χ0n) is 11.3. The van der Waals surface area contributed by atoms with Gasteiger partial charge >= 0.3 is 0 Å². The minimum Gasteiger partial charge on any atom is -0.353 e. The third-order valence-electron chi connectivity index (χ3n) is 4.64. The monoisotopic (exact) mass is 239 g/mol. The van der Waals surface area contributed by atoms with Crippen LogP contribution in [0.2, 0.25) is 0 Å². The molecule has 1 saturated heterocycles.